The minimum Gasteiger partial charge on any atom is -0.469 e. The molecule has 0 aliphatic carbocycles. The van der Waals surface area contributed by atoms with E-state index in [1.807, 2.05) is 41.8 Å². The van der Waals surface area contributed by atoms with E-state index in [1.165, 1.54) is 14.2 Å². The van der Waals surface area contributed by atoms with E-state index in [4.69, 9.17) is 10.8 Å². The zero-order valence-corrected chi connectivity index (χ0v) is 16.1. The van der Waals surface area contributed by atoms with Gasteiger partial charge in [0.1, 0.15) is 7.28 Å². The van der Waals surface area contributed by atoms with Crippen molar-refractivity contribution in [2.24, 2.45) is 23.6 Å². The first-order chi connectivity index (χ1) is 10.4. The van der Waals surface area contributed by atoms with Crippen LogP contribution in [-0.2, 0) is 19.1 Å². The molecule has 0 amide bonds. The number of hydrogen-bond donors (Lipinski definition) is 0. The fourth-order valence-corrected chi connectivity index (χ4v) is 2.97. The number of hydrogen-bond acceptors (Lipinski definition) is 4. The van der Waals surface area contributed by atoms with Crippen LogP contribution in [0.3, 0.4) is 0 Å². The molecule has 0 aromatic heterocycles. The van der Waals surface area contributed by atoms with Gasteiger partial charge in [-0.3, -0.25) is 9.59 Å². The average molecular weight is 331 g/mol. The molecule has 4 atom stereocenters. The first kappa shape index (κ1) is 19.5. The Morgan fingerprint density at radius 1 is 1.23 bits per heavy atom. The molecule has 0 N–H and O–H groups in total. The van der Waals surface area contributed by atoms with E-state index in [9.17, 15) is 9.59 Å². The number of esters is 2. The SMILES string of the molecule is [3H]C(C[B]C)(C(C)C)C(C(=O)OC)C(CC(C)(C)P)C(=O)OC. The molecule has 0 fully saturated rings. The summed E-state index contributed by atoms with van der Waals surface area (Å²) in [5, 5.41) is -0.265. The quantitative estimate of drug-likeness (QED) is 0.370. The molecule has 0 heterocycles. The summed E-state index contributed by atoms with van der Waals surface area (Å²) < 4.78 is 18.8. The van der Waals surface area contributed by atoms with Crippen molar-refractivity contribution >= 4 is 28.5 Å². The summed E-state index contributed by atoms with van der Waals surface area (Å²) in [7, 11) is 7.16. The van der Waals surface area contributed by atoms with Gasteiger partial charge in [-0.25, -0.2) is 0 Å². The second-order valence-corrected chi connectivity index (χ2v) is 8.23. The minimum absolute atomic E-state index is 0.123. The van der Waals surface area contributed by atoms with Crippen molar-refractivity contribution in [3.63, 3.8) is 0 Å². The highest BCUT2D eigenvalue weighted by Crippen LogP contribution is 2.38. The number of methoxy groups -OCH3 is 2. The zero-order chi connectivity index (χ0) is 18.4. The highest BCUT2D eigenvalue weighted by molar-refractivity contribution is 7.18. The van der Waals surface area contributed by atoms with E-state index in [1.54, 1.807) is 0 Å². The van der Waals surface area contributed by atoms with Crippen molar-refractivity contribution in [2.75, 3.05) is 14.2 Å². The molecule has 0 aromatic rings. The maximum atomic E-state index is 12.5. The number of carbonyl (C=O) groups excluding carboxylic acids is 2. The smallest absolute Gasteiger partial charge is 0.309 e. The Bertz CT molecular complexity index is 411. The molecule has 22 heavy (non-hydrogen) atoms. The molecule has 0 saturated carbocycles. The summed E-state index contributed by atoms with van der Waals surface area (Å²) in [5.41, 5.74) is 0. The second-order valence-electron chi connectivity index (χ2n) is 6.67. The van der Waals surface area contributed by atoms with Crippen molar-refractivity contribution in [2.45, 2.75) is 52.4 Å². The van der Waals surface area contributed by atoms with Crippen molar-refractivity contribution in [3.05, 3.63) is 0 Å². The summed E-state index contributed by atoms with van der Waals surface area (Å²) in [4.78, 5) is 24.9. The average Bonchev–Trinajstić information content (AvgIpc) is 2.44. The van der Waals surface area contributed by atoms with Crippen LogP contribution in [0.25, 0.3) is 0 Å². The van der Waals surface area contributed by atoms with E-state index in [2.05, 4.69) is 9.24 Å². The Hall–Kier alpha value is -0.565. The Labute approximate surface area is 139 Å². The van der Waals surface area contributed by atoms with E-state index in [0.29, 0.717) is 12.7 Å². The molecule has 0 aromatic carbocycles. The molecule has 0 bridgehead atoms. The minimum atomic E-state index is -1.13. The Kier molecular flexibility index (Phi) is 8.45. The predicted octanol–water partition coefficient (Wildman–Crippen LogP) is 3.05. The first-order valence-electron chi connectivity index (χ1n) is 8.17. The molecule has 6 heteroatoms. The van der Waals surface area contributed by atoms with Crippen LogP contribution in [0.1, 0.15) is 35.5 Å². The summed E-state index contributed by atoms with van der Waals surface area (Å²) >= 11 is 0. The van der Waals surface area contributed by atoms with Gasteiger partial charge in [0.15, 0.2) is 0 Å². The van der Waals surface area contributed by atoms with Crippen LogP contribution < -0.4 is 0 Å². The molecule has 4 unspecified atom stereocenters. The van der Waals surface area contributed by atoms with E-state index in [0.717, 1.165) is 0 Å². The second kappa shape index (κ2) is 9.55. The molecule has 0 saturated heterocycles. The topological polar surface area (TPSA) is 52.6 Å². The normalized spacial score (nSPS) is 18.0. The van der Waals surface area contributed by atoms with Gasteiger partial charge in [0.05, 0.1) is 26.1 Å². The van der Waals surface area contributed by atoms with Crippen LogP contribution in [0.5, 0.6) is 0 Å². The molecule has 4 nitrogen and oxygen atoms in total. The summed E-state index contributed by atoms with van der Waals surface area (Å²) in [6, 6.07) is 0. The maximum Gasteiger partial charge on any atom is 0.309 e. The third-order valence-electron chi connectivity index (χ3n) is 3.69. The van der Waals surface area contributed by atoms with Crippen molar-refractivity contribution in [3.8, 4) is 0 Å². The number of rotatable bonds is 9. The van der Waals surface area contributed by atoms with Gasteiger partial charge >= 0.3 is 11.9 Å². The lowest BCUT2D eigenvalue weighted by Gasteiger charge is -2.35. The standard InChI is InChI=1S/C16H31BO4P/c1-10(2)12(9-17-5)13(15(19)21-7)11(14(18)20-6)8-16(3,4)22/h10-13H,8-9,22H2,1-7H3/i12T. The maximum absolute atomic E-state index is 12.5. The van der Waals surface area contributed by atoms with E-state index in [-0.39, 0.29) is 11.1 Å². The number of carbonyl (C=O) groups is 2. The molecule has 1 radical (unpaired) electrons. The molecule has 0 rings (SSSR count). The van der Waals surface area contributed by atoms with Crippen LogP contribution in [0.2, 0.25) is 13.1 Å². The molecule has 0 aliphatic rings. The summed E-state index contributed by atoms with van der Waals surface area (Å²) in [5.74, 6) is -3.85. The third-order valence-corrected chi connectivity index (χ3v) is 3.92. The van der Waals surface area contributed by atoms with Gasteiger partial charge in [0.25, 0.3) is 0 Å². The van der Waals surface area contributed by atoms with Crippen molar-refractivity contribution in [1.82, 2.24) is 0 Å². The monoisotopic (exact) mass is 331 g/mol. The van der Waals surface area contributed by atoms with Crippen LogP contribution in [0.4, 0.5) is 0 Å². The Balaban J connectivity index is 6.05. The van der Waals surface area contributed by atoms with Crippen molar-refractivity contribution < 1.29 is 20.4 Å². The lowest BCUT2D eigenvalue weighted by molar-refractivity contribution is -0.161. The largest absolute Gasteiger partial charge is 0.469 e. The van der Waals surface area contributed by atoms with Crippen molar-refractivity contribution in [1.29, 1.82) is 0 Å². The van der Waals surface area contributed by atoms with Gasteiger partial charge in [-0.15, -0.1) is 9.24 Å². The fraction of sp³-hybridized carbons (Fsp3) is 0.875. The first-order valence-corrected chi connectivity index (χ1v) is 8.24. The number of ether oxygens (including phenoxy) is 2. The molecular formula is C16H31BO4P. The molecule has 0 spiro atoms. The van der Waals surface area contributed by atoms with Crippen LogP contribution >= 0.6 is 9.24 Å². The van der Waals surface area contributed by atoms with E-state index < -0.39 is 29.7 Å². The van der Waals surface area contributed by atoms with E-state index >= 15 is 0 Å². The van der Waals surface area contributed by atoms with Gasteiger partial charge < -0.3 is 9.47 Å². The molecular weight excluding hydrogens is 298 g/mol. The lowest BCUT2D eigenvalue weighted by Crippen LogP contribution is -2.41. The summed E-state index contributed by atoms with van der Waals surface area (Å²) in [6.07, 6.45) is 0.816. The van der Waals surface area contributed by atoms with Crippen LogP contribution in [0, 0.1) is 23.6 Å². The highest BCUT2D eigenvalue weighted by atomic mass is 31.0. The van der Waals surface area contributed by atoms with Gasteiger partial charge in [0, 0.05) is 1.37 Å². The Morgan fingerprint density at radius 3 is 2.05 bits per heavy atom. The predicted molar refractivity (Wildman–Crippen MR) is 94.2 cm³/mol. The third kappa shape index (κ3) is 6.68. The van der Waals surface area contributed by atoms with Gasteiger partial charge in [0.2, 0.25) is 0 Å². The fourth-order valence-electron chi connectivity index (χ4n) is 2.71. The van der Waals surface area contributed by atoms with Gasteiger partial charge in [-0.05, 0) is 23.4 Å². The van der Waals surface area contributed by atoms with Crippen LogP contribution in [0.15, 0.2) is 0 Å². The van der Waals surface area contributed by atoms with Gasteiger partial charge in [-0.1, -0.05) is 40.8 Å². The molecule has 127 valence electrons. The van der Waals surface area contributed by atoms with Crippen LogP contribution in [-0.4, -0.2) is 38.6 Å². The van der Waals surface area contributed by atoms with Gasteiger partial charge in [-0.2, -0.15) is 0 Å². The summed E-state index contributed by atoms with van der Waals surface area (Å²) in [6.45, 7) is 9.58. The Morgan fingerprint density at radius 2 is 1.73 bits per heavy atom. The lowest BCUT2D eigenvalue weighted by atomic mass is 9.62. The molecule has 0 aliphatic heterocycles. The zero-order valence-electron chi connectivity index (χ0n) is 15.9. The highest BCUT2D eigenvalue weighted by Gasteiger charge is 2.43.